The molecule has 1 heterocycles. The zero-order valence-corrected chi connectivity index (χ0v) is 13.6. The molecule has 2 rings (SSSR count). The topological polar surface area (TPSA) is 126 Å². The van der Waals surface area contributed by atoms with Gasteiger partial charge in [-0.05, 0) is 18.2 Å². The van der Waals surface area contributed by atoms with E-state index in [1.807, 2.05) is 0 Å². The molecule has 2 aromatic rings. The number of aryl methyl sites for hydroxylation is 1. The maximum Gasteiger partial charge on any atom is 0.336 e. The number of carbonyl (C=O) groups excluding carboxylic acids is 1. The summed E-state index contributed by atoms with van der Waals surface area (Å²) in [5, 5.41) is 18.5. The van der Waals surface area contributed by atoms with E-state index < -0.39 is 10.9 Å². The summed E-state index contributed by atoms with van der Waals surface area (Å²) in [7, 11) is 0. The van der Waals surface area contributed by atoms with Crippen molar-refractivity contribution >= 4 is 40.7 Å². The summed E-state index contributed by atoms with van der Waals surface area (Å²) in [5.74, 6) is -0.763. The maximum absolute atomic E-state index is 11.6. The van der Waals surface area contributed by atoms with Crippen LogP contribution in [0.1, 0.15) is 12.0 Å². The molecule has 0 saturated carbocycles. The Bertz CT molecular complexity index is 805. The Morgan fingerprint density at radius 3 is 2.83 bits per heavy atom. The Morgan fingerprint density at radius 2 is 2.21 bits per heavy atom. The van der Waals surface area contributed by atoms with Crippen molar-refractivity contribution in [1.82, 2.24) is 9.78 Å². The zero-order chi connectivity index (χ0) is 17.7. The molecule has 0 saturated heterocycles. The normalized spacial score (nSPS) is 11.3. The van der Waals surface area contributed by atoms with Crippen LogP contribution in [-0.2, 0) is 16.2 Å². The Balaban J connectivity index is 1.90. The fourth-order valence-corrected chi connectivity index (χ4v) is 2.17. The van der Waals surface area contributed by atoms with Gasteiger partial charge in [-0.15, -0.1) is 0 Å². The largest absolute Gasteiger partial charge is 0.380 e. The Hall–Kier alpha value is -2.65. The van der Waals surface area contributed by atoms with Gasteiger partial charge >= 0.3 is 11.7 Å². The number of nitrogens with zero attached hydrogens (tertiary/aromatic N) is 4. The highest BCUT2D eigenvalue weighted by Gasteiger charge is 2.11. The average Bonchev–Trinajstić information content (AvgIpc) is 3.00. The van der Waals surface area contributed by atoms with E-state index in [9.17, 15) is 14.9 Å². The first-order valence-corrected chi connectivity index (χ1v) is 7.28. The molecule has 126 valence electrons. The molecule has 0 aliphatic rings. The Labute approximate surface area is 145 Å². The molecule has 1 aromatic heterocycles. The molecule has 0 radical (unpaired) electrons. The lowest BCUT2D eigenvalue weighted by Gasteiger charge is -2.04. The number of nitrogens with two attached hydrogens (primary N) is 1. The first-order chi connectivity index (χ1) is 11.4. The number of oxime groups is 1. The number of amidine groups is 1. The molecule has 9 nitrogen and oxygen atoms in total. The van der Waals surface area contributed by atoms with Crippen molar-refractivity contribution in [2.45, 2.75) is 13.0 Å². The van der Waals surface area contributed by atoms with Gasteiger partial charge in [0.25, 0.3) is 0 Å². The average molecular weight is 372 g/mol. The van der Waals surface area contributed by atoms with Crippen LogP contribution in [-0.4, -0.2) is 26.5 Å². The van der Waals surface area contributed by atoms with Gasteiger partial charge in [-0.1, -0.05) is 28.4 Å². The summed E-state index contributed by atoms with van der Waals surface area (Å²) in [6, 6.07) is 4.59. The van der Waals surface area contributed by atoms with Gasteiger partial charge in [-0.2, -0.15) is 5.10 Å². The Morgan fingerprint density at radius 1 is 1.46 bits per heavy atom. The third kappa shape index (κ3) is 4.67. The molecule has 0 unspecified atom stereocenters. The van der Waals surface area contributed by atoms with Crippen LogP contribution in [0.3, 0.4) is 0 Å². The summed E-state index contributed by atoms with van der Waals surface area (Å²) in [4.78, 5) is 26.2. The van der Waals surface area contributed by atoms with Gasteiger partial charge in [0.15, 0.2) is 5.84 Å². The molecule has 0 fully saturated rings. The first kappa shape index (κ1) is 17.7. The minimum Gasteiger partial charge on any atom is -0.380 e. The highest BCUT2D eigenvalue weighted by molar-refractivity contribution is 6.36. The predicted octanol–water partition coefficient (Wildman–Crippen LogP) is 2.35. The number of hydrogen-bond acceptors (Lipinski definition) is 6. The van der Waals surface area contributed by atoms with Crippen molar-refractivity contribution in [3.05, 3.63) is 56.3 Å². The van der Waals surface area contributed by atoms with Crippen LogP contribution in [0.15, 0.2) is 35.7 Å². The van der Waals surface area contributed by atoms with Gasteiger partial charge in [0.1, 0.15) is 12.4 Å². The number of halogens is 2. The van der Waals surface area contributed by atoms with E-state index in [4.69, 9.17) is 28.9 Å². The quantitative estimate of drug-likeness (QED) is 0.273. The van der Waals surface area contributed by atoms with E-state index in [0.717, 1.165) is 6.20 Å². The fraction of sp³-hybridized carbons (Fsp3) is 0.154. The minimum absolute atomic E-state index is 0.0836. The Kier molecular flexibility index (Phi) is 5.72. The molecule has 0 aliphatic heterocycles. The molecule has 11 heteroatoms. The summed E-state index contributed by atoms with van der Waals surface area (Å²) >= 11 is 11.7. The van der Waals surface area contributed by atoms with Crippen LogP contribution in [0.25, 0.3) is 0 Å². The third-order valence-electron chi connectivity index (χ3n) is 2.83. The fourth-order valence-electron chi connectivity index (χ4n) is 1.67. The molecular weight excluding hydrogens is 361 g/mol. The predicted molar refractivity (Wildman–Crippen MR) is 86.8 cm³/mol. The molecule has 1 aromatic carbocycles. The van der Waals surface area contributed by atoms with Gasteiger partial charge in [-0.3, -0.25) is 14.8 Å². The number of nitro groups is 1. The van der Waals surface area contributed by atoms with Crippen LogP contribution in [0.2, 0.25) is 10.0 Å². The smallest absolute Gasteiger partial charge is 0.336 e. The van der Waals surface area contributed by atoms with Crippen LogP contribution in [0.5, 0.6) is 0 Å². The van der Waals surface area contributed by atoms with E-state index in [2.05, 4.69) is 15.1 Å². The summed E-state index contributed by atoms with van der Waals surface area (Å²) in [6.07, 6.45) is 2.20. The standard InChI is InChI=1S/C13H11Cl2N5O4/c14-8-1-2-10(11(15)5-8)13(16)18-24-12(21)3-4-19-7-9(6-17-19)20(22)23/h1-2,5-7H,3-4H2,(H2,16,18). The van der Waals surface area contributed by atoms with Gasteiger partial charge in [0.2, 0.25) is 0 Å². The van der Waals surface area contributed by atoms with Gasteiger partial charge < -0.3 is 10.6 Å². The van der Waals surface area contributed by atoms with Crippen molar-refractivity contribution in [1.29, 1.82) is 0 Å². The molecule has 24 heavy (non-hydrogen) atoms. The highest BCUT2D eigenvalue weighted by atomic mass is 35.5. The maximum atomic E-state index is 11.6. The van der Waals surface area contributed by atoms with Gasteiger partial charge in [0.05, 0.1) is 22.9 Å². The van der Waals surface area contributed by atoms with E-state index in [-0.39, 0.29) is 29.5 Å². The third-order valence-corrected chi connectivity index (χ3v) is 3.38. The second-order valence-corrected chi connectivity index (χ2v) is 5.38. The van der Waals surface area contributed by atoms with Crippen LogP contribution < -0.4 is 5.73 Å². The van der Waals surface area contributed by atoms with Crippen molar-refractivity contribution in [2.75, 3.05) is 0 Å². The summed E-state index contributed by atoms with van der Waals surface area (Å²) in [6.45, 7) is 0.101. The second kappa shape index (κ2) is 7.75. The number of aromatic nitrogens is 2. The zero-order valence-electron chi connectivity index (χ0n) is 12.1. The molecular formula is C13H11Cl2N5O4. The second-order valence-electron chi connectivity index (χ2n) is 4.53. The highest BCUT2D eigenvalue weighted by Crippen LogP contribution is 2.20. The van der Waals surface area contributed by atoms with Crippen molar-refractivity contribution < 1.29 is 14.6 Å². The van der Waals surface area contributed by atoms with Crippen molar-refractivity contribution in [2.24, 2.45) is 10.9 Å². The monoisotopic (exact) mass is 371 g/mol. The lowest BCUT2D eigenvalue weighted by molar-refractivity contribution is -0.385. The molecule has 2 N–H and O–H groups in total. The summed E-state index contributed by atoms with van der Waals surface area (Å²) < 4.78 is 1.25. The number of hydrogen-bond donors (Lipinski definition) is 1. The first-order valence-electron chi connectivity index (χ1n) is 6.52. The number of rotatable bonds is 6. The molecule has 0 spiro atoms. The van der Waals surface area contributed by atoms with Crippen LogP contribution >= 0.6 is 23.2 Å². The van der Waals surface area contributed by atoms with E-state index in [1.165, 1.54) is 16.9 Å². The summed E-state index contributed by atoms with van der Waals surface area (Å²) in [5.41, 5.74) is 5.90. The van der Waals surface area contributed by atoms with Crippen LogP contribution in [0.4, 0.5) is 5.69 Å². The lowest BCUT2D eigenvalue weighted by Crippen LogP contribution is -2.16. The number of carbonyl (C=O) groups is 1. The number of benzene rings is 1. The molecule has 0 bridgehead atoms. The van der Waals surface area contributed by atoms with E-state index in [0.29, 0.717) is 10.6 Å². The van der Waals surface area contributed by atoms with E-state index in [1.54, 1.807) is 12.1 Å². The van der Waals surface area contributed by atoms with Crippen molar-refractivity contribution in [3.63, 3.8) is 0 Å². The minimum atomic E-state index is -0.679. The molecule has 0 atom stereocenters. The van der Waals surface area contributed by atoms with Crippen LogP contribution in [0, 0.1) is 10.1 Å². The van der Waals surface area contributed by atoms with E-state index >= 15 is 0 Å². The lowest BCUT2D eigenvalue weighted by atomic mass is 10.2. The van der Waals surface area contributed by atoms with Crippen molar-refractivity contribution in [3.8, 4) is 0 Å². The van der Waals surface area contributed by atoms with Gasteiger partial charge in [-0.25, -0.2) is 4.79 Å². The molecule has 0 aliphatic carbocycles. The SMILES string of the molecule is N/C(=N\OC(=O)CCn1cc([N+](=O)[O-])cn1)c1ccc(Cl)cc1Cl. The van der Waals surface area contributed by atoms with Gasteiger partial charge in [0, 0.05) is 10.6 Å². The molecule has 0 amide bonds.